The minimum atomic E-state index is -4.71. The lowest BCUT2D eigenvalue weighted by atomic mass is 10.2. The van der Waals surface area contributed by atoms with Gasteiger partial charge in [-0.3, -0.25) is 4.90 Å². The van der Waals surface area contributed by atoms with Gasteiger partial charge in [0.1, 0.15) is 5.75 Å². The average Bonchev–Trinajstić information content (AvgIpc) is 2.26. The molecule has 0 saturated carbocycles. The number of nitrogens with zero attached hydrogens (tertiary/aromatic N) is 1. The highest BCUT2D eigenvalue weighted by molar-refractivity contribution is 6.30. The summed E-state index contributed by atoms with van der Waals surface area (Å²) < 4.78 is 45.6. The number of hydrogen-bond donors (Lipinski definition) is 0. The Hall–Kier alpha value is -0.980. The summed E-state index contributed by atoms with van der Waals surface area (Å²) in [6.45, 7) is 3.29. The molecule has 0 radical (unpaired) electrons. The van der Waals surface area contributed by atoms with Crippen molar-refractivity contribution >= 4 is 11.6 Å². The summed E-state index contributed by atoms with van der Waals surface area (Å²) in [5, 5.41) is 0.227. The van der Waals surface area contributed by atoms with Crippen molar-refractivity contribution in [1.29, 1.82) is 0 Å². The molecule has 0 aromatic heterocycles. The van der Waals surface area contributed by atoms with E-state index in [2.05, 4.69) is 9.64 Å². The van der Waals surface area contributed by atoms with Crippen LogP contribution >= 0.6 is 11.6 Å². The molecule has 0 spiro atoms. The third-order valence-electron chi connectivity index (χ3n) is 2.67. The van der Waals surface area contributed by atoms with E-state index in [9.17, 15) is 13.2 Å². The van der Waals surface area contributed by atoms with Gasteiger partial charge in [-0.2, -0.15) is 0 Å². The first-order valence-corrected chi connectivity index (χ1v) is 6.15. The first kappa shape index (κ1) is 14.4. The van der Waals surface area contributed by atoms with Gasteiger partial charge < -0.3 is 9.47 Å². The maximum Gasteiger partial charge on any atom is 0.573 e. The lowest BCUT2D eigenvalue weighted by molar-refractivity contribution is -0.274. The van der Waals surface area contributed by atoms with Crippen molar-refractivity contribution in [3.8, 4) is 5.75 Å². The summed E-state index contributed by atoms with van der Waals surface area (Å²) >= 11 is 5.81. The largest absolute Gasteiger partial charge is 0.573 e. The van der Waals surface area contributed by atoms with Crippen LogP contribution in [0.1, 0.15) is 5.56 Å². The highest BCUT2D eigenvalue weighted by Crippen LogP contribution is 2.27. The molecule has 2 rings (SSSR count). The van der Waals surface area contributed by atoms with E-state index in [0.717, 1.165) is 19.2 Å². The molecule has 0 aliphatic carbocycles. The molecule has 1 aliphatic rings. The van der Waals surface area contributed by atoms with Gasteiger partial charge in [0.15, 0.2) is 0 Å². The maximum absolute atomic E-state index is 12.2. The van der Waals surface area contributed by atoms with Crippen molar-refractivity contribution in [2.45, 2.75) is 12.9 Å². The molecule has 0 N–H and O–H groups in total. The van der Waals surface area contributed by atoms with E-state index in [-0.39, 0.29) is 10.8 Å². The molecule has 0 amide bonds. The smallest absolute Gasteiger partial charge is 0.406 e. The van der Waals surface area contributed by atoms with Crippen LogP contribution in [0.15, 0.2) is 18.2 Å². The fraction of sp³-hybridized carbons (Fsp3) is 0.500. The van der Waals surface area contributed by atoms with Crippen LogP contribution in [0.25, 0.3) is 0 Å². The van der Waals surface area contributed by atoms with Crippen molar-refractivity contribution in [2.75, 3.05) is 26.3 Å². The third-order valence-corrected chi connectivity index (χ3v) is 2.89. The van der Waals surface area contributed by atoms with Crippen LogP contribution in [0, 0.1) is 0 Å². The SMILES string of the molecule is FC(F)(F)Oc1cc(Cl)cc(CN2CCOCC2)c1. The zero-order valence-electron chi connectivity index (χ0n) is 10.0. The van der Waals surface area contributed by atoms with Gasteiger partial charge in [0, 0.05) is 24.7 Å². The van der Waals surface area contributed by atoms with Crippen LogP contribution in [-0.2, 0) is 11.3 Å². The second-order valence-corrected chi connectivity index (χ2v) is 4.67. The summed E-state index contributed by atoms with van der Waals surface area (Å²) in [7, 11) is 0. The van der Waals surface area contributed by atoms with Crippen molar-refractivity contribution in [2.24, 2.45) is 0 Å². The van der Waals surface area contributed by atoms with Crippen LogP contribution in [0.2, 0.25) is 5.02 Å². The molecule has 1 saturated heterocycles. The van der Waals surface area contributed by atoms with Crippen LogP contribution in [0.5, 0.6) is 5.75 Å². The van der Waals surface area contributed by atoms with Gasteiger partial charge in [-0.1, -0.05) is 11.6 Å². The maximum atomic E-state index is 12.2. The highest BCUT2D eigenvalue weighted by Gasteiger charge is 2.31. The Bertz CT molecular complexity index is 433. The Morgan fingerprint density at radius 1 is 1.21 bits per heavy atom. The predicted molar refractivity (Wildman–Crippen MR) is 64.2 cm³/mol. The fourth-order valence-corrected chi connectivity index (χ4v) is 2.17. The molecule has 0 unspecified atom stereocenters. The van der Waals surface area contributed by atoms with Crippen molar-refractivity contribution in [3.63, 3.8) is 0 Å². The molecule has 0 atom stereocenters. The molecule has 1 heterocycles. The Balaban J connectivity index is 2.07. The Kier molecular flexibility index (Phi) is 4.54. The van der Waals surface area contributed by atoms with Gasteiger partial charge in [0.25, 0.3) is 0 Å². The second-order valence-electron chi connectivity index (χ2n) is 4.23. The predicted octanol–water partition coefficient (Wildman–Crippen LogP) is 3.07. The Morgan fingerprint density at radius 2 is 1.89 bits per heavy atom. The molecule has 7 heteroatoms. The number of rotatable bonds is 3. The third kappa shape index (κ3) is 4.89. The fourth-order valence-electron chi connectivity index (χ4n) is 1.92. The lowest BCUT2D eigenvalue weighted by Crippen LogP contribution is -2.35. The summed E-state index contributed by atoms with van der Waals surface area (Å²) in [5.74, 6) is -0.289. The molecule has 1 aromatic rings. The quantitative estimate of drug-likeness (QED) is 0.855. The molecule has 1 fully saturated rings. The first-order chi connectivity index (χ1) is 8.92. The zero-order chi connectivity index (χ0) is 13.9. The van der Waals surface area contributed by atoms with E-state index in [1.54, 1.807) is 6.07 Å². The van der Waals surface area contributed by atoms with E-state index in [0.29, 0.717) is 25.3 Å². The number of morpholine rings is 1. The normalized spacial score (nSPS) is 17.5. The van der Waals surface area contributed by atoms with Gasteiger partial charge in [-0.25, -0.2) is 0 Å². The minimum Gasteiger partial charge on any atom is -0.406 e. The Morgan fingerprint density at radius 3 is 2.53 bits per heavy atom. The summed E-state index contributed by atoms with van der Waals surface area (Å²) in [5.41, 5.74) is 0.689. The highest BCUT2D eigenvalue weighted by atomic mass is 35.5. The van der Waals surface area contributed by atoms with Crippen LogP contribution in [0.3, 0.4) is 0 Å². The van der Waals surface area contributed by atoms with Crippen molar-refractivity contribution < 1.29 is 22.6 Å². The molecular formula is C12H13ClF3NO2. The first-order valence-electron chi connectivity index (χ1n) is 5.78. The van der Waals surface area contributed by atoms with Crippen molar-refractivity contribution in [1.82, 2.24) is 4.90 Å². The number of benzene rings is 1. The van der Waals surface area contributed by atoms with Crippen molar-refractivity contribution in [3.05, 3.63) is 28.8 Å². The minimum absolute atomic E-state index is 0.227. The van der Waals surface area contributed by atoms with E-state index < -0.39 is 6.36 Å². The summed E-state index contributed by atoms with van der Waals surface area (Å²) in [6, 6.07) is 4.15. The number of alkyl halides is 3. The lowest BCUT2D eigenvalue weighted by Gasteiger charge is -2.26. The molecule has 19 heavy (non-hydrogen) atoms. The standard InChI is InChI=1S/C12H13ClF3NO2/c13-10-5-9(8-17-1-3-18-4-2-17)6-11(7-10)19-12(14,15)16/h5-7H,1-4,8H2. The molecule has 0 bridgehead atoms. The number of halogens is 4. The summed E-state index contributed by atoms with van der Waals surface area (Å²) in [6.07, 6.45) is -4.71. The molecule has 1 aromatic carbocycles. The number of hydrogen-bond acceptors (Lipinski definition) is 3. The molecule has 106 valence electrons. The van der Waals surface area contributed by atoms with Gasteiger partial charge >= 0.3 is 6.36 Å². The molecular weight excluding hydrogens is 283 g/mol. The van der Waals surface area contributed by atoms with Gasteiger partial charge in [0.05, 0.1) is 13.2 Å². The average molecular weight is 296 g/mol. The number of ether oxygens (including phenoxy) is 2. The van der Waals surface area contributed by atoms with E-state index in [4.69, 9.17) is 16.3 Å². The van der Waals surface area contributed by atoms with E-state index in [1.807, 2.05) is 0 Å². The molecule has 3 nitrogen and oxygen atoms in total. The van der Waals surface area contributed by atoms with Crippen LogP contribution in [0.4, 0.5) is 13.2 Å². The zero-order valence-corrected chi connectivity index (χ0v) is 10.8. The second kappa shape index (κ2) is 5.98. The van der Waals surface area contributed by atoms with Gasteiger partial charge in [-0.15, -0.1) is 13.2 Å². The van der Waals surface area contributed by atoms with Crippen LogP contribution < -0.4 is 4.74 Å². The summed E-state index contributed by atoms with van der Waals surface area (Å²) in [4.78, 5) is 2.09. The van der Waals surface area contributed by atoms with Gasteiger partial charge in [-0.05, 0) is 23.8 Å². The van der Waals surface area contributed by atoms with E-state index >= 15 is 0 Å². The topological polar surface area (TPSA) is 21.7 Å². The van der Waals surface area contributed by atoms with Gasteiger partial charge in [0.2, 0.25) is 0 Å². The van der Waals surface area contributed by atoms with Crippen LogP contribution in [-0.4, -0.2) is 37.6 Å². The monoisotopic (exact) mass is 295 g/mol. The van der Waals surface area contributed by atoms with E-state index in [1.165, 1.54) is 6.07 Å². The Labute approximate surface area is 113 Å². The molecule has 1 aliphatic heterocycles.